The van der Waals surface area contributed by atoms with Crippen LogP contribution in [0.4, 0.5) is 5.13 Å². The van der Waals surface area contributed by atoms with Crippen LogP contribution in [0.5, 0.6) is 0 Å². The van der Waals surface area contributed by atoms with Crippen LogP contribution in [-0.2, 0) is 4.74 Å². The topological polar surface area (TPSA) is 45.7 Å². The number of nitrogens with zero attached hydrogens (tertiary/aromatic N) is 3. The lowest BCUT2D eigenvalue weighted by molar-refractivity contribution is 0.0376. The third-order valence-corrected chi connectivity index (χ3v) is 7.15. The Bertz CT molecular complexity index is 940. The molecule has 1 saturated heterocycles. The molecular weight excluding hydrogens is 473 g/mol. The number of morpholine rings is 1. The van der Waals surface area contributed by atoms with Gasteiger partial charge < -0.3 is 4.74 Å². The number of thiazole rings is 1. The predicted molar refractivity (Wildman–Crippen MR) is 125 cm³/mol. The van der Waals surface area contributed by atoms with Gasteiger partial charge in [-0.1, -0.05) is 46.7 Å². The summed E-state index contributed by atoms with van der Waals surface area (Å²) in [6, 6.07) is 9.54. The van der Waals surface area contributed by atoms with E-state index in [9.17, 15) is 4.79 Å². The average molecular weight is 493 g/mol. The quantitative estimate of drug-likeness (QED) is 0.459. The van der Waals surface area contributed by atoms with Crippen LogP contribution in [0.25, 0.3) is 10.2 Å². The Morgan fingerprint density at radius 3 is 2.66 bits per heavy atom. The van der Waals surface area contributed by atoms with Gasteiger partial charge in [0.15, 0.2) is 5.13 Å². The number of hydrogen-bond donors (Lipinski definition) is 0. The third kappa shape index (κ3) is 5.41. The van der Waals surface area contributed by atoms with E-state index in [4.69, 9.17) is 27.9 Å². The summed E-state index contributed by atoms with van der Waals surface area (Å²) in [7, 11) is 0. The second kappa shape index (κ2) is 10.4. The van der Waals surface area contributed by atoms with Crippen molar-refractivity contribution in [3.63, 3.8) is 0 Å². The summed E-state index contributed by atoms with van der Waals surface area (Å²) in [6.45, 7) is 4.88. The van der Waals surface area contributed by atoms with Crippen molar-refractivity contribution in [3.05, 3.63) is 44.6 Å². The smallest absolute Gasteiger partial charge is 0.262 e. The first kappa shape index (κ1) is 22.7. The lowest BCUT2D eigenvalue weighted by Crippen LogP contribution is -2.39. The number of hydrogen-bond acceptors (Lipinski definition) is 6. The van der Waals surface area contributed by atoms with Crippen LogP contribution >= 0.6 is 58.3 Å². The van der Waals surface area contributed by atoms with Gasteiger partial charge >= 0.3 is 0 Å². The van der Waals surface area contributed by atoms with Gasteiger partial charge in [-0.15, -0.1) is 23.7 Å². The highest BCUT2D eigenvalue weighted by molar-refractivity contribution is 7.22. The van der Waals surface area contributed by atoms with Crippen molar-refractivity contribution < 1.29 is 9.53 Å². The Labute approximate surface area is 193 Å². The van der Waals surface area contributed by atoms with Crippen LogP contribution < -0.4 is 4.90 Å². The molecule has 0 radical (unpaired) electrons. The van der Waals surface area contributed by atoms with E-state index in [1.807, 2.05) is 24.3 Å². The van der Waals surface area contributed by atoms with Crippen molar-refractivity contribution in [1.29, 1.82) is 0 Å². The minimum atomic E-state index is -0.158. The summed E-state index contributed by atoms with van der Waals surface area (Å²) < 4.78 is 7.37. The monoisotopic (exact) mass is 491 g/mol. The fraction of sp³-hybridized carbons (Fsp3) is 0.368. The van der Waals surface area contributed by atoms with Gasteiger partial charge in [-0.25, -0.2) is 4.98 Å². The molecule has 0 atom stereocenters. The number of para-hydroxylation sites is 1. The van der Waals surface area contributed by atoms with Crippen molar-refractivity contribution in [2.45, 2.75) is 6.42 Å². The number of fused-ring (bicyclic) bond motifs is 1. The number of benzene rings is 1. The van der Waals surface area contributed by atoms with E-state index >= 15 is 0 Å². The first-order chi connectivity index (χ1) is 13.6. The molecular formula is C19H20Cl3N3O2S2. The number of thiophene rings is 1. The zero-order valence-corrected chi connectivity index (χ0v) is 19.4. The zero-order chi connectivity index (χ0) is 19.5. The Morgan fingerprint density at radius 1 is 1.21 bits per heavy atom. The van der Waals surface area contributed by atoms with Crippen molar-refractivity contribution in [2.75, 3.05) is 44.3 Å². The normalized spacial score (nSPS) is 14.7. The van der Waals surface area contributed by atoms with Gasteiger partial charge in [0, 0.05) is 26.2 Å². The molecule has 0 saturated carbocycles. The molecule has 156 valence electrons. The molecule has 3 heterocycles. The Morgan fingerprint density at radius 2 is 1.97 bits per heavy atom. The number of anilines is 1. The standard InChI is InChI=1S/C19H19Cl2N3O2S2.ClH/c20-16-12-13(17(21)28-16)18(25)24(7-3-6-23-8-10-26-11-9-23)19-22-14-4-1-2-5-15(14)27-19;/h1-2,4-5,12H,3,6-11H2;1H. The maximum absolute atomic E-state index is 13.3. The van der Waals surface area contributed by atoms with Crippen LogP contribution in [0.15, 0.2) is 30.3 Å². The summed E-state index contributed by atoms with van der Waals surface area (Å²) in [5, 5.41) is 0.687. The van der Waals surface area contributed by atoms with Gasteiger partial charge in [0.25, 0.3) is 5.91 Å². The minimum absolute atomic E-state index is 0. The highest BCUT2D eigenvalue weighted by Gasteiger charge is 2.25. The van der Waals surface area contributed by atoms with Crippen LogP contribution in [0, 0.1) is 0 Å². The predicted octanol–water partition coefficient (Wildman–Crippen LogP) is 5.46. The van der Waals surface area contributed by atoms with Crippen LogP contribution in [0.3, 0.4) is 0 Å². The van der Waals surface area contributed by atoms with Crippen molar-refractivity contribution in [1.82, 2.24) is 9.88 Å². The van der Waals surface area contributed by atoms with E-state index < -0.39 is 0 Å². The highest BCUT2D eigenvalue weighted by Crippen LogP contribution is 2.35. The van der Waals surface area contributed by atoms with Crippen LogP contribution in [0.1, 0.15) is 16.8 Å². The van der Waals surface area contributed by atoms with Gasteiger partial charge in [0.1, 0.15) is 4.34 Å². The molecule has 5 nitrogen and oxygen atoms in total. The molecule has 1 fully saturated rings. The van der Waals surface area contributed by atoms with Crippen LogP contribution in [0.2, 0.25) is 8.67 Å². The summed E-state index contributed by atoms with van der Waals surface area (Å²) in [5.41, 5.74) is 1.32. The van der Waals surface area contributed by atoms with E-state index in [2.05, 4.69) is 9.88 Å². The minimum Gasteiger partial charge on any atom is -0.379 e. The van der Waals surface area contributed by atoms with Gasteiger partial charge in [-0.3, -0.25) is 14.6 Å². The van der Waals surface area contributed by atoms with Crippen LogP contribution in [-0.4, -0.2) is 55.2 Å². The van der Waals surface area contributed by atoms with E-state index in [1.165, 1.54) is 22.7 Å². The first-order valence-electron chi connectivity index (χ1n) is 9.04. The van der Waals surface area contributed by atoms with E-state index in [0.29, 0.717) is 25.9 Å². The first-order valence-corrected chi connectivity index (χ1v) is 11.4. The number of halogens is 3. The molecule has 1 aromatic carbocycles. The molecule has 3 aromatic rings. The van der Waals surface area contributed by atoms with Gasteiger partial charge in [0.2, 0.25) is 0 Å². The van der Waals surface area contributed by atoms with Crippen molar-refractivity contribution in [2.24, 2.45) is 0 Å². The number of rotatable bonds is 6. The number of ether oxygens (including phenoxy) is 1. The summed E-state index contributed by atoms with van der Waals surface area (Å²) in [5.74, 6) is -0.158. The lowest BCUT2D eigenvalue weighted by atomic mass is 10.2. The van der Waals surface area contributed by atoms with E-state index in [-0.39, 0.29) is 18.3 Å². The number of aromatic nitrogens is 1. The average Bonchev–Trinajstić information content (AvgIpc) is 3.28. The molecule has 2 aromatic heterocycles. The molecule has 1 aliphatic rings. The molecule has 0 aliphatic carbocycles. The molecule has 1 amide bonds. The second-order valence-corrected chi connectivity index (χ2v) is 9.76. The summed E-state index contributed by atoms with van der Waals surface area (Å²) in [4.78, 5) is 22.0. The molecule has 10 heteroatoms. The van der Waals surface area contributed by atoms with Gasteiger partial charge in [-0.05, 0) is 24.6 Å². The van der Waals surface area contributed by atoms with Gasteiger partial charge in [-0.2, -0.15) is 0 Å². The lowest BCUT2D eigenvalue weighted by Gasteiger charge is -2.27. The van der Waals surface area contributed by atoms with E-state index in [0.717, 1.165) is 49.5 Å². The Balaban J connectivity index is 0.00000240. The number of carbonyl (C=O) groups is 1. The number of amides is 1. The number of carbonyl (C=O) groups excluding carboxylic acids is 1. The largest absolute Gasteiger partial charge is 0.379 e. The van der Waals surface area contributed by atoms with E-state index in [1.54, 1.807) is 11.0 Å². The maximum Gasteiger partial charge on any atom is 0.262 e. The fourth-order valence-corrected chi connectivity index (χ4v) is 5.61. The molecule has 1 aliphatic heterocycles. The highest BCUT2D eigenvalue weighted by atomic mass is 35.5. The maximum atomic E-state index is 13.3. The van der Waals surface area contributed by atoms with Crippen molar-refractivity contribution in [3.8, 4) is 0 Å². The SMILES string of the molecule is Cl.O=C(c1cc(Cl)sc1Cl)N(CCCN1CCOCC1)c1nc2ccccc2s1. The van der Waals surface area contributed by atoms with Crippen molar-refractivity contribution >= 4 is 79.5 Å². The molecule has 29 heavy (non-hydrogen) atoms. The molecule has 4 rings (SSSR count). The molecule has 0 N–H and O–H groups in total. The van der Waals surface area contributed by atoms with Gasteiger partial charge in [0.05, 0.1) is 33.3 Å². The summed E-state index contributed by atoms with van der Waals surface area (Å²) in [6.07, 6.45) is 0.844. The zero-order valence-electron chi connectivity index (χ0n) is 15.5. The molecule has 0 spiro atoms. The summed E-state index contributed by atoms with van der Waals surface area (Å²) >= 11 is 15.0. The third-order valence-electron chi connectivity index (χ3n) is 4.61. The Hall–Kier alpha value is -0.930. The fourth-order valence-electron chi connectivity index (χ4n) is 3.17. The second-order valence-electron chi connectivity index (χ2n) is 6.47. The molecule has 0 unspecified atom stereocenters. The Kier molecular flexibility index (Phi) is 8.15. The molecule has 0 bridgehead atoms.